The van der Waals surface area contributed by atoms with Gasteiger partial charge in [0.2, 0.25) is 0 Å². The number of ether oxygens (including phenoxy) is 2. The highest BCUT2D eigenvalue weighted by Crippen LogP contribution is 2.23. The summed E-state index contributed by atoms with van der Waals surface area (Å²) < 4.78 is 10.4. The van der Waals surface area contributed by atoms with E-state index in [-0.39, 0.29) is 6.29 Å². The molecule has 3 heteroatoms. The lowest BCUT2D eigenvalue weighted by atomic mass is 10.2. The van der Waals surface area contributed by atoms with Crippen LogP contribution in [0.15, 0.2) is 29.2 Å². The quantitative estimate of drug-likeness (QED) is 0.319. The molecule has 17 heavy (non-hydrogen) atoms. The summed E-state index contributed by atoms with van der Waals surface area (Å²) in [6.45, 7) is 0. The lowest BCUT2D eigenvalue weighted by Gasteiger charge is -2.13. The molecule has 0 bridgehead atoms. The lowest BCUT2D eigenvalue weighted by Crippen LogP contribution is -2.02. The van der Waals surface area contributed by atoms with Gasteiger partial charge in [0.05, 0.1) is 0 Å². The molecule has 0 saturated heterocycles. The highest BCUT2D eigenvalue weighted by molar-refractivity contribution is 7.99. The normalized spacial score (nSPS) is 10.5. The Morgan fingerprint density at radius 1 is 1.24 bits per heavy atom. The maximum absolute atomic E-state index is 5.20. The molecular formula is C14H18O2S. The van der Waals surface area contributed by atoms with Crippen LogP contribution in [0.1, 0.15) is 24.7 Å². The predicted octanol–water partition coefficient (Wildman–Crippen LogP) is 3.48. The standard InChI is InChI=1S/C14H18O2S/c1-4-5-6-11-17-13-9-7-12(8-10-13)14(15-2)16-3/h1,7-10,14H,5-6,11H2,2-3H3. The molecule has 1 aromatic rings. The van der Waals surface area contributed by atoms with E-state index in [9.17, 15) is 0 Å². The molecule has 92 valence electrons. The lowest BCUT2D eigenvalue weighted by molar-refractivity contribution is -0.106. The zero-order chi connectivity index (χ0) is 12.5. The number of hydrogen-bond donors (Lipinski definition) is 0. The van der Waals surface area contributed by atoms with Crippen molar-refractivity contribution in [2.45, 2.75) is 24.0 Å². The van der Waals surface area contributed by atoms with Gasteiger partial charge in [0, 0.05) is 31.1 Å². The van der Waals surface area contributed by atoms with Crippen molar-refractivity contribution in [1.82, 2.24) is 0 Å². The van der Waals surface area contributed by atoms with E-state index in [1.165, 1.54) is 4.90 Å². The van der Waals surface area contributed by atoms with E-state index >= 15 is 0 Å². The number of hydrogen-bond acceptors (Lipinski definition) is 3. The number of methoxy groups -OCH3 is 2. The molecule has 0 saturated carbocycles. The first-order valence-corrected chi connectivity index (χ1v) is 6.52. The van der Waals surface area contributed by atoms with Crippen LogP contribution in [0.5, 0.6) is 0 Å². The van der Waals surface area contributed by atoms with Gasteiger partial charge in [0.15, 0.2) is 6.29 Å². The molecule has 0 atom stereocenters. The Kier molecular flexibility index (Phi) is 6.80. The minimum Gasteiger partial charge on any atom is -0.352 e. The minimum atomic E-state index is -0.282. The van der Waals surface area contributed by atoms with Crippen LogP contribution in [0.4, 0.5) is 0 Å². The topological polar surface area (TPSA) is 18.5 Å². The second kappa shape index (κ2) is 8.19. The van der Waals surface area contributed by atoms with Gasteiger partial charge in [-0.3, -0.25) is 0 Å². The van der Waals surface area contributed by atoms with Gasteiger partial charge < -0.3 is 9.47 Å². The Morgan fingerprint density at radius 2 is 1.88 bits per heavy atom. The van der Waals surface area contributed by atoms with Gasteiger partial charge in [-0.15, -0.1) is 24.1 Å². The average Bonchev–Trinajstić information content (AvgIpc) is 2.38. The third-order valence-corrected chi connectivity index (χ3v) is 3.41. The van der Waals surface area contributed by atoms with Crippen LogP contribution < -0.4 is 0 Å². The highest BCUT2D eigenvalue weighted by Gasteiger charge is 2.07. The van der Waals surface area contributed by atoms with E-state index in [0.29, 0.717) is 0 Å². The van der Waals surface area contributed by atoms with E-state index in [0.717, 1.165) is 24.2 Å². The van der Waals surface area contributed by atoms with Gasteiger partial charge in [-0.05, 0) is 24.3 Å². The van der Waals surface area contributed by atoms with Crippen molar-refractivity contribution >= 4 is 11.8 Å². The van der Waals surface area contributed by atoms with Crippen LogP contribution in [0, 0.1) is 12.3 Å². The van der Waals surface area contributed by atoms with Gasteiger partial charge in [0.1, 0.15) is 0 Å². The van der Waals surface area contributed by atoms with Crippen molar-refractivity contribution in [2.24, 2.45) is 0 Å². The Morgan fingerprint density at radius 3 is 2.41 bits per heavy atom. The Hall–Kier alpha value is -0.950. The zero-order valence-corrected chi connectivity index (χ0v) is 11.1. The summed E-state index contributed by atoms with van der Waals surface area (Å²) in [5.74, 6) is 3.70. The molecule has 0 aromatic heterocycles. The number of rotatable bonds is 7. The van der Waals surface area contributed by atoms with Gasteiger partial charge in [-0.1, -0.05) is 12.1 Å². The number of benzene rings is 1. The molecule has 0 unspecified atom stereocenters. The molecule has 0 N–H and O–H groups in total. The third kappa shape index (κ3) is 4.82. The summed E-state index contributed by atoms with van der Waals surface area (Å²) in [5, 5.41) is 0. The largest absolute Gasteiger partial charge is 0.352 e. The summed E-state index contributed by atoms with van der Waals surface area (Å²) in [4.78, 5) is 1.25. The average molecular weight is 250 g/mol. The number of unbranched alkanes of at least 4 members (excludes halogenated alkanes) is 1. The summed E-state index contributed by atoms with van der Waals surface area (Å²) >= 11 is 1.82. The van der Waals surface area contributed by atoms with Crippen LogP contribution in [-0.2, 0) is 9.47 Å². The Labute approximate surface area is 108 Å². The molecule has 0 fully saturated rings. The van der Waals surface area contributed by atoms with Gasteiger partial charge in [-0.25, -0.2) is 0 Å². The third-order valence-electron chi connectivity index (χ3n) is 2.31. The van der Waals surface area contributed by atoms with Crippen molar-refractivity contribution < 1.29 is 9.47 Å². The van der Waals surface area contributed by atoms with Crippen molar-refractivity contribution in [3.63, 3.8) is 0 Å². The number of thioether (sulfide) groups is 1. The first-order valence-electron chi connectivity index (χ1n) is 5.53. The predicted molar refractivity (Wildman–Crippen MR) is 72.0 cm³/mol. The van der Waals surface area contributed by atoms with Crippen LogP contribution >= 0.6 is 11.8 Å². The molecule has 2 nitrogen and oxygen atoms in total. The van der Waals surface area contributed by atoms with Gasteiger partial charge in [0.25, 0.3) is 0 Å². The SMILES string of the molecule is C#CCCCSc1ccc(C(OC)OC)cc1. The maximum atomic E-state index is 5.20. The van der Waals surface area contributed by atoms with E-state index in [4.69, 9.17) is 15.9 Å². The van der Waals surface area contributed by atoms with Crippen LogP contribution in [0.2, 0.25) is 0 Å². The van der Waals surface area contributed by atoms with E-state index in [1.807, 2.05) is 23.9 Å². The fraction of sp³-hybridized carbons (Fsp3) is 0.429. The van der Waals surface area contributed by atoms with E-state index in [1.54, 1.807) is 14.2 Å². The molecule has 1 rings (SSSR count). The number of terminal acetylenes is 1. The Balaban J connectivity index is 2.47. The molecule has 1 aromatic carbocycles. The van der Waals surface area contributed by atoms with E-state index in [2.05, 4.69) is 18.1 Å². The zero-order valence-electron chi connectivity index (χ0n) is 10.3. The first kappa shape index (κ1) is 14.1. The molecule has 0 spiro atoms. The summed E-state index contributed by atoms with van der Waals surface area (Å²) in [7, 11) is 3.27. The molecular weight excluding hydrogens is 232 g/mol. The van der Waals surface area contributed by atoms with Crippen LogP contribution in [-0.4, -0.2) is 20.0 Å². The van der Waals surface area contributed by atoms with Crippen molar-refractivity contribution in [2.75, 3.05) is 20.0 Å². The van der Waals surface area contributed by atoms with Gasteiger partial charge >= 0.3 is 0 Å². The van der Waals surface area contributed by atoms with Crippen molar-refractivity contribution in [1.29, 1.82) is 0 Å². The van der Waals surface area contributed by atoms with Gasteiger partial charge in [-0.2, -0.15) is 0 Å². The molecule has 0 radical (unpaired) electrons. The first-order chi connectivity index (χ1) is 8.31. The summed E-state index contributed by atoms with van der Waals surface area (Å²) in [6, 6.07) is 8.23. The van der Waals surface area contributed by atoms with Crippen molar-refractivity contribution in [3.8, 4) is 12.3 Å². The second-order valence-corrected chi connectivity index (χ2v) is 4.70. The fourth-order valence-corrected chi connectivity index (χ4v) is 2.31. The molecule has 0 heterocycles. The second-order valence-electron chi connectivity index (χ2n) is 3.53. The van der Waals surface area contributed by atoms with Crippen LogP contribution in [0.25, 0.3) is 0 Å². The van der Waals surface area contributed by atoms with E-state index < -0.39 is 0 Å². The molecule has 0 amide bonds. The maximum Gasteiger partial charge on any atom is 0.183 e. The minimum absolute atomic E-state index is 0.282. The Bertz CT molecular complexity index is 349. The van der Waals surface area contributed by atoms with Crippen LogP contribution in [0.3, 0.4) is 0 Å². The monoisotopic (exact) mass is 250 g/mol. The smallest absolute Gasteiger partial charge is 0.183 e. The fourth-order valence-electron chi connectivity index (χ4n) is 1.45. The molecule has 0 aliphatic rings. The molecule has 0 aliphatic heterocycles. The summed E-state index contributed by atoms with van der Waals surface area (Å²) in [5.41, 5.74) is 1.03. The highest BCUT2D eigenvalue weighted by atomic mass is 32.2. The molecule has 0 aliphatic carbocycles. The van der Waals surface area contributed by atoms with Crippen molar-refractivity contribution in [3.05, 3.63) is 29.8 Å². The summed E-state index contributed by atoms with van der Waals surface area (Å²) in [6.07, 6.45) is 6.83.